The van der Waals surface area contributed by atoms with Crippen molar-refractivity contribution in [1.29, 1.82) is 0 Å². The van der Waals surface area contributed by atoms with Gasteiger partial charge >= 0.3 is 5.97 Å². The van der Waals surface area contributed by atoms with E-state index in [1.807, 2.05) is 19.2 Å². The Bertz CT molecular complexity index is 999. The summed E-state index contributed by atoms with van der Waals surface area (Å²) in [6.07, 6.45) is 7.88. The Morgan fingerprint density at radius 3 is 2.86 bits per heavy atom. The molecule has 5 aliphatic rings. The first kappa shape index (κ1) is 17.6. The molecule has 3 heterocycles. The number of carbonyl (C=O) groups excluding carboxylic acids is 1. The molecule has 28 heavy (non-hydrogen) atoms. The van der Waals surface area contributed by atoms with Crippen LogP contribution in [0.2, 0.25) is 5.28 Å². The van der Waals surface area contributed by atoms with Crippen molar-refractivity contribution in [3.8, 4) is 11.4 Å². The molecular formula is C19H21ClN6O2. The Kier molecular flexibility index (Phi) is 4.30. The highest BCUT2D eigenvalue weighted by Crippen LogP contribution is 2.46. The summed E-state index contributed by atoms with van der Waals surface area (Å²) >= 11 is 6.18. The third-order valence-corrected chi connectivity index (χ3v) is 6.25. The number of nitrogens with zero attached hydrogens (tertiary/aromatic N) is 5. The molecule has 0 saturated heterocycles. The van der Waals surface area contributed by atoms with E-state index < -0.39 is 0 Å². The third-order valence-electron chi connectivity index (χ3n) is 6.09. The van der Waals surface area contributed by atoms with E-state index in [1.54, 1.807) is 10.7 Å². The first-order valence-corrected chi connectivity index (χ1v) is 10.1. The Labute approximate surface area is 167 Å². The maximum Gasteiger partial charge on any atom is 0.311 e. The van der Waals surface area contributed by atoms with Crippen LogP contribution in [0.15, 0.2) is 18.5 Å². The Morgan fingerprint density at radius 2 is 2.07 bits per heavy atom. The average molecular weight is 401 g/mol. The number of carbonyl (C=O) groups is 1. The van der Waals surface area contributed by atoms with Crippen molar-refractivity contribution in [2.45, 2.75) is 38.6 Å². The number of nitrogens with one attached hydrogen (secondary N) is 1. The molecule has 9 heteroatoms. The molecule has 3 fully saturated rings. The van der Waals surface area contributed by atoms with Gasteiger partial charge in [0.05, 0.1) is 12.5 Å². The van der Waals surface area contributed by atoms with E-state index in [0.717, 1.165) is 31.2 Å². The van der Waals surface area contributed by atoms with Crippen LogP contribution in [0.1, 0.15) is 32.6 Å². The molecule has 3 saturated carbocycles. The summed E-state index contributed by atoms with van der Waals surface area (Å²) in [4.78, 5) is 26.0. The fraction of sp³-hybridized carbons (Fsp3) is 0.526. The van der Waals surface area contributed by atoms with E-state index in [2.05, 4.69) is 25.4 Å². The van der Waals surface area contributed by atoms with E-state index in [4.69, 9.17) is 16.3 Å². The molecule has 0 spiro atoms. The summed E-state index contributed by atoms with van der Waals surface area (Å²) < 4.78 is 7.01. The molecule has 0 aromatic carbocycles. The van der Waals surface area contributed by atoms with E-state index >= 15 is 0 Å². The highest BCUT2D eigenvalue weighted by Gasteiger charge is 2.48. The maximum atomic E-state index is 12.7. The molecule has 0 radical (unpaired) electrons. The van der Waals surface area contributed by atoms with Gasteiger partial charge in [0.1, 0.15) is 0 Å². The summed E-state index contributed by atoms with van der Waals surface area (Å²) in [6.45, 7) is 2.23. The summed E-state index contributed by atoms with van der Waals surface area (Å²) in [7, 11) is 0. The second-order valence-electron chi connectivity index (χ2n) is 7.59. The number of aromatic nitrogens is 5. The van der Waals surface area contributed by atoms with Gasteiger partial charge in [-0.1, -0.05) is 0 Å². The number of fused-ring (bicyclic) bond motifs is 5. The van der Waals surface area contributed by atoms with Gasteiger partial charge in [0.25, 0.3) is 0 Å². The van der Waals surface area contributed by atoms with Crippen molar-refractivity contribution < 1.29 is 9.53 Å². The molecule has 3 aliphatic carbocycles. The zero-order chi connectivity index (χ0) is 19.3. The smallest absolute Gasteiger partial charge is 0.311 e. The predicted molar refractivity (Wildman–Crippen MR) is 103 cm³/mol. The summed E-state index contributed by atoms with van der Waals surface area (Å²) in [5.41, 5.74) is 1.42. The van der Waals surface area contributed by atoms with Gasteiger partial charge in [-0.3, -0.25) is 4.79 Å². The number of ether oxygens (including phenoxy) is 1. The lowest BCUT2D eigenvalue weighted by Gasteiger charge is -2.47. The van der Waals surface area contributed by atoms with Gasteiger partial charge in [-0.05, 0) is 62.1 Å². The number of esters is 1. The first-order chi connectivity index (χ1) is 13.6. The summed E-state index contributed by atoms with van der Waals surface area (Å²) in [5.74, 6) is 1.59. The number of hydrogen-bond donors (Lipinski definition) is 1. The van der Waals surface area contributed by atoms with Crippen LogP contribution in [0.4, 0.5) is 5.82 Å². The van der Waals surface area contributed by atoms with E-state index in [1.165, 1.54) is 0 Å². The van der Waals surface area contributed by atoms with Gasteiger partial charge in [-0.2, -0.15) is 4.98 Å². The van der Waals surface area contributed by atoms with Gasteiger partial charge in [-0.15, -0.1) is 5.10 Å². The summed E-state index contributed by atoms with van der Waals surface area (Å²) in [6, 6.07) is 1.82. The second-order valence-corrected chi connectivity index (χ2v) is 7.92. The van der Waals surface area contributed by atoms with Gasteiger partial charge in [0.2, 0.25) is 5.28 Å². The Hall–Kier alpha value is -2.48. The highest BCUT2D eigenvalue weighted by molar-refractivity contribution is 6.28. The Balaban J connectivity index is 1.56. The molecule has 8 nitrogen and oxygen atoms in total. The lowest BCUT2D eigenvalue weighted by atomic mass is 9.61. The molecule has 1 aromatic heterocycles. The van der Waals surface area contributed by atoms with Crippen LogP contribution in [0.25, 0.3) is 17.0 Å². The van der Waals surface area contributed by atoms with E-state index in [-0.39, 0.29) is 23.2 Å². The SMILES string of the molecule is CCOC(=O)[C@H]1C2CCC(CC2)[C@@H]1Nc1nc(Cl)nn2cc3ccnc-3nc12. The molecule has 2 aliphatic heterocycles. The standard InChI is InChI=1S/C19H21ClN6O2/c1-2-28-18(27)13-10-3-5-11(6-4-10)14(13)22-16-17-23-15-12(7-8-21-15)9-26(17)25-19(20)24-16/h7-11,13-14H,2-6H2,1H3,(H,22,24,25)/t10?,11?,13-,14-/m0/s1. The fourth-order valence-electron chi connectivity index (χ4n) is 4.86. The van der Waals surface area contributed by atoms with Crippen LogP contribution in [0.3, 0.4) is 0 Å². The summed E-state index contributed by atoms with van der Waals surface area (Å²) in [5, 5.41) is 7.85. The highest BCUT2D eigenvalue weighted by atomic mass is 35.5. The van der Waals surface area contributed by atoms with Crippen molar-refractivity contribution in [1.82, 2.24) is 24.6 Å². The fourth-order valence-corrected chi connectivity index (χ4v) is 5.02. The first-order valence-electron chi connectivity index (χ1n) is 9.75. The molecule has 146 valence electrons. The normalized spacial score (nSPS) is 26.6. The van der Waals surface area contributed by atoms with Gasteiger partial charge < -0.3 is 10.1 Å². The predicted octanol–water partition coefficient (Wildman–Crippen LogP) is 3.06. The third kappa shape index (κ3) is 2.87. The minimum atomic E-state index is -0.179. The zero-order valence-corrected chi connectivity index (χ0v) is 16.3. The van der Waals surface area contributed by atoms with E-state index in [0.29, 0.717) is 35.7 Å². The maximum absolute atomic E-state index is 12.7. The Morgan fingerprint density at radius 1 is 1.29 bits per heavy atom. The van der Waals surface area contributed by atoms with Gasteiger partial charge in [0, 0.05) is 24.0 Å². The average Bonchev–Trinajstić information content (AvgIpc) is 3.14. The molecule has 6 rings (SSSR count). The van der Waals surface area contributed by atoms with Crippen LogP contribution in [0, 0.1) is 17.8 Å². The molecule has 2 bridgehead atoms. The number of hydrogen-bond acceptors (Lipinski definition) is 7. The monoisotopic (exact) mass is 400 g/mol. The van der Waals surface area contributed by atoms with Gasteiger partial charge in [-0.25, -0.2) is 14.5 Å². The largest absolute Gasteiger partial charge is 0.466 e. The lowest BCUT2D eigenvalue weighted by molar-refractivity contribution is -0.154. The molecular weight excluding hydrogens is 380 g/mol. The number of anilines is 1. The van der Waals surface area contributed by atoms with Crippen LogP contribution in [-0.4, -0.2) is 43.2 Å². The molecule has 1 N–H and O–H groups in total. The van der Waals surface area contributed by atoms with Crippen LogP contribution >= 0.6 is 11.6 Å². The van der Waals surface area contributed by atoms with Crippen molar-refractivity contribution in [3.05, 3.63) is 23.7 Å². The van der Waals surface area contributed by atoms with Crippen LogP contribution in [-0.2, 0) is 9.53 Å². The minimum Gasteiger partial charge on any atom is -0.466 e. The topological polar surface area (TPSA) is 94.3 Å². The zero-order valence-electron chi connectivity index (χ0n) is 15.5. The quantitative estimate of drug-likeness (QED) is 0.672. The van der Waals surface area contributed by atoms with Crippen molar-refractivity contribution in [2.24, 2.45) is 17.8 Å². The lowest BCUT2D eigenvalue weighted by Crippen LogP contribution is -2.52. The van der Waals surface area contributed by atoms with Crippen LogP contribution < -0.4 is 5.32 Å². The molecule has 1 aromatic rings. The number of rotatable bonds is 4. The minimum absolute atomic E-state index is 0.0496. The molecule has 0 unspecified atom stereocenters. The van der Waals surface area contributed by atoms with Gasteiger partial charge in [0.15, 0.2) is 17.3 Å². The second kappa shape index (κ2) is 6.84. The van der Waals surface area contributed by atoms with Crippen molar-refractivity contribution >= 4 is 29.0 Å². The number of halogens is 1. The van der Waals surface area contributed by atoms with Crippen molar-refractivity contribution in [3.63, 3.8) is 0 Å². The van der Waals surface area contributed by atoms with Crippen molar-refractivity contribution in [2.75, 3.05) is 11.9 Å². The van der Waals surface area contributed by atoms with Crippen LogP contribution in [0.5, 0.6) is 0 Å². The molecule has 0 amide bonds. The molecule has 2 atom stereocenters. The van der Waals surface area contributed by atoms with E-state index in [9.17, 15) is 4.79 Å².